The zero-order chi connectivity index (χ0) is 14.2. The number of nitrogens with one attached hydrogen (secondary N) is 2. The van der Waals surface area contributed by atoms with Crippen LogP contribution in [-0.4, -0.2) is 20.5 Å². The van der Waals surface area contributed by atoms with Crippen molar-refractivity contribution in [1.82, 2.24) is 10.0 Å². The number of thiophene rings is 1. The predicted octanol–water partition coefficient (Wildman–Crippen LogP) is 2.98. The van der Waals surface area contributed by atoms with Gasteiger partial charge in [-0.05, 0) is 47.7 Å². The molecule has 2 saturated carbocycles. The van der Waals surface area contributed by atoms with Crippen LogP contribution in [-0.2, 0) is 16.6 Å². The molecule has 1 heterocycles. The minimum Gasteiger partial charge on any atom is -0.309 e. The quantitative estimate of drug-likeness (QED) is 0.799. The van der Waals surface area contributed by atoms with Crippen molar-refractivity contribution < 1.29 is 8.42 Å². The third kappa shape index (κ3) is 3.62. The van der Waals surface area contributed by atoms with Crippen molar-refractivity contribution in [3.05, 3.63) is 14.7 Å². The molecule has 0 atom stereocenters. The summed E-state index contributed by atoms with van der Waals surface area (Å²) in [5.74, 6) is 0. The molecule has 0 amide bonds. The highest BCUT2D eigenvalue weighted by molar-refractivity contribution is 9.11. The normalized spacial score (nSPS) is 20.6. The van der Waals surface area contributed by atoms with Crippen molar-refractivity contribution in [2.75, 3.05) is 0 Å². The molecule has 0 radical (unpaired) electrons. The van der Waals surface area contributed by atoms with Crippen molar-refractivity contribution >= 4 is 37.3 Å². The Morgan fingerprint density at radius 2 is 1.90 bits per heavy atom. The highest BCUT2D eigenvalue weighted by atomic mass is 79.9. The largest absolute Gasteiger partial charge is 0.309 e. The summed E-state index contributed by atoms with van der Waals surface area (Å²) in [5.41, 5.74) is 0. The molecule has 0 saturated heterocycles. The molecule has 1 aromatic rings. The van der Waals surface area contributed by atoms with Crippen molar-refractivity contribution in [3.63, 3.8) is 0 Å². The molecule has 4 nitrogen and oxygen atoms in total. The van der Waals surface area contributed by atoms with Gasteiger partial charge in [0.1, 0.15) is 4.90 Å². The number of halogens is 1. The molecule has 20 heavy (non-hydrogen) atoms. The van der Waals surface area contributed by atoms with E-state index in [2.05, 4.69) is 26.0 Å². The van der Waals surface area contributed by atoms with Gasteiger partial charge in [-0.15, -0.1) is 11.3 Å². The van der Waals surface area contributed by atoms with Gasteiger partial charge in [0.25, 0.3) is 0 Å². The Morgan fingerprint density at radius 1 is 1.20 bits per heavy atom. The Morgan fingerprint density at radius 3 is 2.55 bits per heavy atom. The zero-order valence-electron chi connectivity index (χ0n) is 11.2. The molecule has 112 valence electrons. The highest BCUT2D eigenvalue weighted by Crippen LogP contribution is 2.33. The van der Waals surface area contributed by atoms with E-state index in [1.807, 2.05) is 0 Å². The van der Waals surface area contributed by atoms with Crippen LogP contribution in [0.4, 0.5) is 0 Å². The molecule has 2 aliphatic carbocycles. The van der Waals surface area contributed by atoms with Crippen molar-refractivity contribution in [3.8, 4) is 0 Å². The van der Waals surface area contributed by atoms with Crippen molar-refractivity contribution in [2.45, 2.75) is 62.0 Å². The van der Waals surface area contributed by atoms with E-state index in [1.165, 1.54) is 24.2 Å². The molecular formula is C13H19BrN2O2S2. The lowest BCUT2D eigenvalue weighted by Crippen LogP contribution is -2.32. The van der Waals surface area contributed by atoms with E-state index < -0.39 is 10.0 Å². The summed E-state index contributed by atoms with van der Waals surface area (Å²) in [5, 5.41) is 3.41. The van der Waals surface area contributed by atoms with E-state index in [4.69, 9.17) is 0 Å². The van der Waals surface area contributed by atoms with E-state index in [-0.39, 0.29) is 6.04 Å². The first-order valence-corrected chi connectivity index (χ1v) is 10.2. The number of sulfonamides is 1. The van der Waals surface area contributed by atoms with Crippen LogP contribution in [0.5, 0.6) is 0 Å². The standard InChI is InChI=1S/C13H19BrN2O2S2/c14-13-12(7-11(19-13)8-15-9-5-6-9)20(17,18)16-10-3-1-2-4-10/h7,9-10,15-16H,1-6,8H2. The maximum Gasteiger partial charge on any atom is 0.242 e. The van der Waals surface area contributed by atoms with Crippen LogP contribution in [0.15, 0.2) is 14.7 Å². The molecule has 2 aliphatic rings. The van der Waals surface area contributed by atoms with E-state index in [9.17, 15) is 8.42 Å². The van der Waals surface area contributed by atoms with Crippen LogP contribution >= 0.6 is 27.3 Å². The van der Waals surface area contributed by atoms with Crippen molar-refractivity contribution in [1.29, 1.82) is 0 Å². The molecule has 0 bridgehead atoms. The minimum absolute atomic E-state index is 0.111. The Hall–Kier alpha value is 0.0500. The average molecular weight is 379 g/mol. The first kappa shape index (κ1) is 15.0. The zero-order valence-corrected chi connectivity index (χ0v) is 14.4. The summed E-state index contributed by atoms with van der Waals surface area (Å²) in [4.78, 5) is 1.46. The van der Waals surface area contributed by atoms with Crippen LogP contribution in [0.25, 0.3) is 0 Å². The topological polar surface area (TPSA) is 58.2 Å². The van der Waals surface area contributed by atoms with Gasteiger partial charge in [0.2, 0.25) is 10.0 Å². The maximum absolute atomic E-state index is 12.4. The fourth-order valence-corrected chi connectivity index (χ4v) is 6.47. The second-order valence-electron chi connectivity index (χ2n) is 5.61. The Bertz CT molecular complexity index is 575. The summed E-state index contributed by atoms with van der Waals surface area (Å²) in [6.45, 7) is 0.757. The molecule has 0 spiro atoms. The summed E-state index contributed by atoms with van der Waals surface area (Å²) in [6.07, 6.45) is 6.62. The SMILES string of the molecule is O=S(=O)(NC1CCCC1)c1cc(CNC2CC2)sc1Br. The molecular weight excluding hydrogens is 360 g/mol. The predicted molar refractivity (Wildman–Crippen MR) is 84.5 cm³/mol. The summed E-state index contributed by atoms with van der Waals surface area (Å²) < 4.78 is 28.4. The van der Waals surface area contributed by atoms with Gasteiger partial charge >= 0.3 is 0 Å². The van der Waals surface area contributed by atoms with Crippen LogP contribution in [0.2, 0.25) is 0 Å². The van der Waals surface area contributed by atoms with Gasteiger partial charge < -0.3 is 5.32 Å². The highest BCUT2D eigenvalue weighted by Gasteiger charge is 2.27. The summed E-state index contributed by atoms with van der Waals surface area (Å²) in [7, 11) is -3.39. The first-order valence-electron chi connectivity index (χ1n) is 7.08. The fraction of sp³-hybridized carbons (Fsp3) is 0.692. The van der Waals surface area contributed by atoms with Crippen molar-refractivity contribution in [2.24, 2.45) is 0 Å². The molecule has 2 N–H and O–H groups in total. The number of hydrogen-bond acceptors (Lipinski definition) is 4. The third-order valence-electron chi connectivity index (χ3n) is 3.82. The lowest BCUT2D eigenvalue weighted by molar-refractivity contribution is 0.552. The van der Waals surface area contributed by atoms with Gasteiger partial charge in [-0.1, -0.05) is 12.8 Å². The lowest BCUT2D eigenvalue weighted by Gasteiger charge is -2.11. The van der Waals surface area contributed by atoms with Gasteiger partial charge in [-0.3, -0.25) is 0 Å². The van der Waals surface area contributed by atoms with Gasteiger partial charge in [0.05, 0.1) is 3.79 Å². The van der Waals surface area contributed by atoms with Crippen LogP contribution in [0.1, 0.15) is 43.4 Å². The van der Waals surface area contributed by atoms with Crippen LogP contribution < -0.4 is 10.0 Å². The summed E-state index contributed by atoms with van der Waals surface area (Å²) >= 11 is 4.90. The van der Waals surface area contributed by atoms with Crippen LogP contribution in [0.3, 0.4) is 0 Å². The fourth-order valence-electron chi connectivity index (χ4n) is 2.53. The monoisotopic (exact) mass is 378 g/mol. The van der Waals surface area contributed by atoms with E-state index in [1.54, 1.807) is 6.07 Å². The smallest absolute Gasteiger partial charge is 0.242 e. The van der Waals surface area contributed by atoms with Gasteiger partial charge in [0.15, 0.2) is 0 Å². The van der Waals surface area contributed by atoms with E-state index in [0.29, 0.717) is 14.7 Å². The van der Waals surface area contributed by atoms with Gasteiger partial charge in [-0.25, -0.2) is 13.1 Å². The van der Waals surface area contributed by atoms with Crippen LogP contribution in [0, 0.1) is 0 Å². The molecule has 7 heteroatoms. The average Bonchev–Trinajstić information content (AvgIpc) is 2.93. The molecule has 0 aromatic carbocycles. The number of rotatable bonds is 6. The molecule has 0 unspecified atom stereocenters. The van der Waals surface area contributed by atoms with Gasteiger partial charge in [-0.2, -0.15) is 0 Å². The molecule has 1 aromatic heterocycles. The Labute approximate surface area is 132 Å². The maximum atomic E-state index is 12.4. The lowest BCUT2D eigenvalue weighted by atomic mass is 10.3. The molecule has 0 aliphatic heterocycles. The van der Waals surface area contributed by atoms with E-state index >= 15 is 0 Å². The first-order chi connectivity index (χ1) is 9.54. The third-order valence-corrected chi connectivity index (χ3v) is 7.59. The Kier molecular flexibility index (Phi) is 4.52. The molecule has 3 rings (SSSR count). The molecule has 2 fully saturated rings. The number of hydrogen-bond donors (Lipinski definition) is 2. The van der Waals surface area contributed by atoms with Gasteiger partial charge in [0, 0.05) is 23.5 Å². The van der Waals surface area contributed by atoms with E-state index in [0.717, 1.165) is 37.1 Å². The Balaban J connectivity index is 1.70. The second-order valence-corrected chi connectivity index (χ2v) is 9.75. The second kappa shape index (κ2) is 6.04. The summed E-state index contributed by atoms with van der Waals surface area (Å²) in [6, 6.07) is 2.54. The minimum atomic E-state index is -3.39.